The molecule has 2 rings (SSSR count). The van der Waals surface area contributed by atoms with Gasteiger partial charge in [-0.15, -0.1) is 0 Å². The predicted octanol–water partition coefficient (Wildman–Crippen LogP) is 3.52. The number of nitrogens with zero attached hydrogens (tertiary/aromatic N) is 1. The zero-order valence-corrected chi connectivity index (χ0v) is 14.6. The number of benzene rings is 2. The Morgan fingerprint density at radius 2 is 1.24 bits per heavy atom. The third-order valence-electron chi connectivity index (χ3n) is 3.72. The molecular formula is C20H21NO4. The van der Waals surface area contributed by atoms with Crippen LogP contribution in [0.25, 0.3) is 0 Å². The van der Waals surface area contributed by atoms with Gasteiger partial charge in [-0.05, 0) is 48.5 Å². The second-order valence-corrected chi connectivity index (χ2v) is 5.91. The average Bonchev–Trinajstić information content (AvgIpc) is 2.59. The number of rotatable bonds is 7. The van der Waals surface area contributed by atoms with Crippen molar-refractivity contribution in [1.29, 1.82) is 0 Å². The maximum Gasteiger partial charge on any atom is 0.308 e. The quantitative estimate of drug-likeness (QED) is 0.439. The Hall–Kier alpha value is -2.95. The lowest BCUT2D eigenvalue weighted by molar-refractivity contribution is -0.131. The Bertz CT molecular complexity index is 761. The maximum absolute atomic E-state index is 12.2. The number of ether oxygens (including phenoxy) is 1. The molecule has 0 radical (unpaired) electrons. The van der Waals surface area contributed by atoms with Crippen molar-refractivity contribution in [2.45, 2.75) is 19.8 Å². The minimum Gasteiger partial charge on any atom is -0.427 e. The molecule has 0 bridgehead atoms. The lowest BCUT2D eigenvalue weighted by Gasteiger charge is -2.12. The monoisotopic (exact) mass is 339 g/mol. The summed E-state index contributed by atoms with van der Waals surface area (Å²) >= 11 is 0. The number of esters is 1. The van der Waals surface area contributed by atoms with E-state index in [2.05, 4.69) is 0 Å². The van der Waals surface area contributed by atoms with E-state index in [4.69, 9.17) is 4.74 Å². The van der Waals surface area contributed by atoms with Gasteiger partial charge < -0.3 is 9.64 Å². The Balaban J connectivity index is 1.92. The van der Waals surface area contributed by atoms with Gasteiger partial charge in [-0.3, -0.25) is 14.4 Å². The fourth-order valence-electron chi connectivity index (χ4n) is 2.34. The molecule has 2 aromatic rings. The van der Waals surface area contributed by atoms with Crippen molar-refractivity contribution in [3.63, 3.8) is 0 Å². The Kier molecular flexibility index (Phi) is 6.06. The molecule has 0 amide bonds. The number of carbonyl (C=O) groups is 3. The summed E-state index contributed by atoms with van der Waals surface area (Å²) in [5, 5.41) is 0. The maximum atomic E-state index is 12.2. The van der Waals surface area contributed by atoms with Crippen LogP contribution in [-0.2, 0) is 4.79 Å². The second kappa shape index (κ2) is 8.24. The zero-order valence-electron chi connectivity index (χ0n) is 14.6. The van der Waals surface area contributed by atoms with Crippen LogP contribution in [0.15, 0.2) is 48.5 Å². The molecule has 130 valence electrons. The molecule has 0 aromatic heterocycles. The molecular weight excluding hydrogens is 318 g/mol. The van der Waals surface area contributed by atoms with Crippen LogP contribution < -0.4 is 9.64 Å². The molecule has 0 spiro atoms. The largest absolute Gasteiger partial charge is 0.427 e. The molecule has 0 heterocycles. The van der Waals surface area contributed by atoms with Crippen LogP contribution in [0.2, 0.25) is 0 Å². The van der Waals surface area contributed by atoms with E-state index in [0.29, 0.717) is 16.9 Å². The SMILES string of the molecule is CC(=O)Oc1ccc(C(=O)CCC(=O)c2ccc(N(C)C)cc2)cc1. The van der Waals surface area contributed by atoms with Crippen molar-refractivity contribution in [3.8, 4) is 5.75 Å². The topological polar surface area (TPSA) is 63.7 Å². The number of hydrogen-bond donors (Lipinski definition) is 0. The van der Waals surface area contributed by atoms with Gasteiger partial charge in [-0.2, -0.15) is 0 Å². The summed E-state index contributed by atoms with van der Waals surface area (Å²) in [4.78, 5) is 37.2. The summed E-state index contributed by atoms with van der Waals surface area (Å²) in [5.74, 6) is -0.200. The van der Waals surface area contributed by atoms with Crippen molar-refractivity contribution < 1.29 is 19.1 Å². The van der Waals surface area contributed by atoms with Gasteiger partial charge >= 0.3 is 5.97 Å². The van der Waals surface area contributed by atoms with E-state index in [9.17, 15) is 14.4 Å². The highest BCUT2D eigenvalue weighted by atomic mass is 16.5. The van der Waals surface area contributed by atoms with Crippen LogP contribution >= 0.6 is 0 Å². The summed E-state index contributed by atoms with van der Waals surface area (Å²) in [7, 11) is 3.87. The van der Waals surface area contributed by atoms with Gasteiger partial charge in [-0.1, -0.05) is 0 Å². The molecule has 0 aliphatic rings. The molecule has 5 nitrogen and oxygen atoms in total. The number of Topliss-reactive ketones (excluding diaryl/α,β-unsaturated/α-hetero) is 2. The summed E-state index contributed by atoms with van der Waals surface area (Å²) in [5.41, 5.74) is 2.11. The van der Waals surface area contributed by atoms with Crippen molar-refractivity contribution in [3.05, 3.63) is 59.7 Å². The first-order chi connectivity index (χ1) is 11.9. The van der Waals surface area contributed by atoms with Gasteiger partial charge in [0, 0.05) is 50.7 Å². The highest BCUT2D eigenvalue weighted by Gasteiger charge is 2.12. The fourth-order valence-corrected chi connectivity index (χ4v) is 2.34. The summed E-state index contributed by atoms with van der Waals surface area (Å²) in [6.07, 6.45) is 0.299. The van der Waals surface area contributed by atoms with E-state index in [1.807, 2.05) is 31.1 Å². The highest BCUT2D eigenvalue weighted by Crippen LogP contribution is 2.17. The summed E-state index contributed by atoms with van der Waals surface area (Å²) < 4.78 is 4.92. The minimum atomic E-state index is -0.412. The van der Waals surface area contributed by atoms with Crippen LogP contribution in [0.1, 0.15) is 40.5 Å². The number of hydrogen-bond acceptors (Lipinski definition) is 5. The van der Waals surface area contributed by atoms with Crippen molar-refractivity contribution in [1.82, 2.24) is 0 Å². The average molecular weight is 339 g/mol. The van der Waals surface area contributed by atoms with E-state index < -0.39 is 5.97 Å². The molecule has 5 heteroatoms. The zero-order chi connectivity index (χ0) is 18.4. The molecule has 0 fully saturated rings. The molecule has 0 N–H and O–H groups in total. The van der Waals surface area contributed by atoms with Crippen LogP contribution in [0, 0.1) is 0 Å². The van der Waals surface area contributed by atoms with Gasteiger partial charge in [0.15, 0.2) is 11.6 Å². The first-order valence-corrected chi connectivity index (χ1v) is 7.99. The Morgan fingerprint density at radius 1 is 0.800 bits per heavy atom. The molecule has 25 heavy (non-hydrogen) atoms. The molecule has 0 aliphatic heterocycles. The lowest BCUT2D eigenvalue weighted by atomic mass is 10.0. The van der Waals surface area contributed by atoms with Crippen LogP contribution in [0.5, 0.6) is 5.75 Å². The third-order valence-corrected chi connectivity index (χ3v) is 3.72. The van der Waals surface area contributed by atoms with Crippen LogP contribution in [0.3, 0.4) is 0 Å². The Morgan fingerprint density at radius 3 is 1.64 bits per heavy atom. The normalized spacial score (nSPS) is 10.2. The van der Waals surface area contributed by atoms with E-state index in [1.54, 1.807) is 36.4 Å². The van der Waals surface area contributed by atoms with Crippen molar-refractivity contribution in [2.24, 2.45) is 0 Å². The summed E-state index contributed by atoms with van der Waals surface area (Å²) in [6, 6.07) is 13.6. The number of anilines is 1. The standard InChI is InChI=1S/C20H21NO4/c1-14(22)25-18-10-6-16(7-11-18)20(24)13-12-19(23)15-4-8-17(9-5-15)21(2)3/h4-11H,12-13H2,1-3H3. The van der Waals surface area contributed by atoms with Gasteiger partial charge in [0.2, 0.25) is 0 Å². The number of ketones is 2. The van der Waals surface area contributed by atoms with Gasteiger partial charge in [0.05, 0.1) is 0 Å². The van der Waals surface area contributed by atoms with E-state index in [0.717, 1.165) is 5.69 Å². The first kappa shape index (κ1) is 18.4. The van der Waals surface area contributed by atoms with E-state index in [-0.39, 0.29) is 24.4 Å². The third kappa shape index (κ3) is 5.28. The molecule has 0 saturated heterocycles. The van der Waals surface area contributed by atoms with E-state index in [1.165, 1.54) is 6.92 Å². The van der Waals surface area contributed by atoms with Crippen LogP contribution in [0.4, 0.5) is 5.69 Å². The predicted molar refractivity (Wildman–Crippen MR) is 96.4 cm³/mol. The van der Waals surface area contributed by atoms with Gasteiger partial charge in [0.1, 0.15) is 5.75 Å². The molecule has 0 aliphatic carbocycles. The fraction of sp³-hybridized carbons (Fsp3) is 0.250. The smallest absolute Gasteiger partial charge is 0.308 e. The molecule has 0 saturated carbocycles. The number of carbonyl (C=O) groups excluding carboxylic acids is 3. The Labute approximate surface area is 147 Å². The summed E-state index contributed by atoms with van der Waals surface area (Å²) in [6.45, 7) is 1.32. The first-order valence-electron chi connectivity index (χ1n) is 7.99. The van der Waals surface area contributed by atoms with Crippen molar-refractivity contribution >= 4 is 23.2 Å². The minimum absolute atomic E-state index is 0.0600. The van der Waals surface area contributed by atoms with Crippen molar-refractivity contribution in [2.75, 3.05) is 19.0 Å². The van der Waals surface area contributed by atoms with E-state index >= 15 is 0 Å². The molecule has 0 unspecified atom stereocenters. The highest BCUT2D eigenvalue weighted by molar-refractivity contribution is 6.02. The van der Waals surface area contributed by atoms with Gasteiger partial charge in [-0.25, -0.2) is 0 Å². The molecule has 0 atom stereocenters. The lowest BCUT2D eigenvalue weighted by Crippen LogP contribution is -2.09. The second-order valence-electron chi connectivity index (χ2n) is 5.91. The molecule has 2 aromatic carbocycles. The van der Waals surface area contributed by atoms with Gasteiger partial charge in [0.25, 0.3) is 0 Å². The van der Waals surface area contributed by atoms with Crippen LogP contribution in [-0.4, -0.2) is 31.6 Å².